The lowest BCUT2D eigenvalue weighted by atomic mass is 10.2. The Labute approximate surface area is 107 Å². The molecule has 0 aliphatic heterocycles. The van der Waals surface area contributed by atoms with Crippen LogP contribution >= 0.6 is 11.8 Å². The van der Waals surface area contributed by atoms with E-state index in [1.54, 1.807) is 30.7 Å². The van der Waals surface area contributed by atoms with Gasteiger partial charge in [-0.25, -0.2) is 4.79 Å². The van der Waals surface area contributed by atoms with E-state index in [2.05, 4.69) is 9.97 Å². The number of carboxylic acids is 1. The molecule has 92 valence electrons. The Balaban J connectivity index is 2.66. The highest BCUT2D eigenvalue weighted by Crippen LogP contribution is 2.19. The van der Waals surface area contributed by atoms with Gasteiger partial charge in [0.1, 0.15) is 5.69 Å². The largest absolute Gasteiger partial charge is 0.477 e. The number of carbonyl (C=O) groups is 1. The standard InChI is InChI=1S/C12H10N2O3S/c1-18-11-9(15)6-8(14-10(11)12(16)17)7-4-2-3-5-13-7/h2-6H,1H3,(H,14,15)(H,16,17). The van der Waals surface area contributed by atoms with Gasteiger partial charge in [0.15, 0.2) is 5.43 Å². The summed E-state index contributed by atoms with van der Waals surface area (Å²) in [6, 6.07) is 6.58. The maximum atomic E-state index is 11.8. The number of nitrogens with zero attached hydrogens (tertiary/aromatic N) is 1. The first-order valence-electron chi connectivity index (χ1n) is 5.09. The fourth-order valence-corrected chi connectivity index (χ4v) is 2.16. The number of H-pyrrole nitrogens is 1. The second kappa shape index (κ2) is 5.05. The molecule has 0 radical (unpaired) electrons. The maximum Gasteiger partial charge on any atom is 0.353 e. The molecule has 2 aromatic heterocycles. The van der Waals surface area contributed by atoms with Crippen molar-refractivity contribution in [1.82, 2.24) is 9.97 Å². The molecule has 0 aliphatic rings. The van der Waals surface area contributed by atoms with Crippen LogP contribution in [0.3, 0.4) is 0 Å². The fraction of sp³-hybridized carbons (Fsp3) is 0.0833. The van der Waals surface area contributed by atoms with E-state index in [0.717, 1.165) is 11.8 Å². The van der Waals surface area contributed by atoms with Gasteiger partial charge in [0.25, 0.3) is 0 Å². The van der Waals surface area contributed by atoms with Crippen LogP contribution in [0.25, 0.3) is 11.4 Å². The number of pyridine rings is 2. The molecule has 0 bridgehead atoms. The third-order valence-corrected chi connectivity index (χ3v) is 3.16. The summed E-state index contributed by atoms with van der Waals surface area (Å²) in [6.07, 6.45) is 3.24. The van der Waals surface area contributed by atoms with Gasteiger partial charge >= 0.3 is 5.97 Å². The van der Waals surface area contributed by atoms with Crippen molar-refractivity contribution in [3.63, 3.8) is 0 Å². The number of rotatable bonds is 3. The van der Waals surface area contributed by atoms with Gasteiger partial charge in [0.2, 0.25) is 0 Å². The predicted molar refractivity (Wildman–Crippen MR) is 69.0 cm³/mol. The van der Waals surface area contributed by atoms with Gasteiger partial charge in [-0.2, -0.15) is 0 Å². The summed E-state index contributed by atoms with van der Waals surface area (Å²) >= 11 is 1.11. The van der Waals surface area contributed by atoms with Crippen LogP contribution in [0.4, 0.5) is 0 Å². The molecule has 0 saturated carbocycles. The molecule has 0 fully saturated rings. The van der Waals surface area contributed by atoms with Crippen LogP contribution in [0.5, 0.6) is 0 Å². The molecule has 0 atom stereocenters. The highest BCUT2D eigenvalue weighted by Gasteiger charge is 2.15. The normalized spacial score (nSPS) is 10.3. The van der Waals surface area contributed by atoms with E-state index >= 15 is 0 Å². The lowest BCUT2D eigenvalue weighted by molar-refractivity contribution is 0.0686. The molecule has 2 rings (SSSR count). The van der Waals surface area contributed by atoms with Gasteiger partial charge in [-0.1, -0.05) is 6.07 Å². The van der Waals surface area contributed by atoms with Crippen molar-refractivity contribution in [2.24, 2.45) is 0 Å². The van der Waals surface area contributed by atoms with E-state index in [9.17, 15) is 9.59 Å². The van der Waals surface area contributed by atoms with Crippen molar-refractivity contribution >= 4 is 17.7 Å². The van der Waals surface area contributed by atoms with E-state index in [4.69, 9.17) is 5.11 Å². The van der Waals surface area contributed by atoms with E-state index in [1.165, 1.54) is 6.07 Å². The molecule has 0 amide bonds. The Morgan fingerprint density at radius 3 is 2.78 bits per heavy atom. The van der Waals surface area contributed by atoms with Gasteiger partial charge < -0.3 is 10.1 Å². The average Bonchev–Trinajstić information content (AvgIpc) is 2.38. The zero-order chi connectivity index (χ0) is 13.1. The average molecular weight is 262 g/mol. The molecule has 0 unspecified atom stereocenters. The quantitative estimate of drug-likeness (QED) is 0.825. The maximum absolute atomic E-state index is 11.8. The molecule has 2 heterocycles. The van der Waals surface area contributed by atoms with Crippen molar-refractivity contribution in [3.8, 4) is 11.4 Å². The summed E-state index contributed by atoms with van der Waals surface area (Å²) < 4.78 is 0. The summed E-state index contributed by atoms with van der Waals surface area (Å²) in [5.41, 5.74) is 0.510. The zero-order valence-electron chi connectivity index (χ0n) is 9.51. The Morgan fingerprint density at radius 1 is 1.44 bits per heavy atom. The minimum absolute atomic E-state index is 0.101. The number of aromatic amines is 1. The fourth-order valence-electron chi connectivity index (χ4n) is 1.56. The molecule has 18 heavy (non-hydrogen) atoms. The van der Waals surface area contributed by atoms with Gasteiger partial charge in [0.05, 0.1) is 16.3 Å². The van der Waals surface area contributed by atoms with Crippen LogP contribution in [0.2, 0.25) is 0 Å². The summed E-state index contributed by atoms with van der Waals surface area (Å²) in [5.74, 6) is -1.16. The number of thioether (sulfide) groups is 1. The SMILES string of the molecule is CSc1c(C(=O)O)[nH]c(-c2ccccn2)cc1=O. The topological polar surface area (TPSA) is 83.0 Å². The van der Waals surface area contributed by atoms with E-state index in [-0.39, 0.29) is 16.0 Å². The smallest absolute Gasteiger partial charge is 0.353 e. The molecule has 5 nitrogen and oxygen atoms in total. The molecule has 0 aliphatic carbocycles. The van der Waals surface area contributed by atoms with Crippen molar-refractivity contribution in [1.29, 1.82) is 0 Å². The minimum Gasteiger partial charge on any atom is -0.477 e. The number of nitrogens with one attached hydrogen (secondary N) is 1. The number of aromatic carboxylic acids is 1. The lowest BCUT2D eigenvalue weighted by Gasteiger charge is -2.06. The molecular formula is C12H10N2O3S. The molecule has 0 aromatic carbocycles. The first kappa shape index (κ1) is 12.4. The van der Waals surface area contributed by atoms with Crippen molar-refractivity contribution in [3.05, 3.63) is 46.4 Å². The highest BCUT2D eigenvalue weighted by molar-refractivity contribution is 7.98. The molecule has 2 N–H and O–H groups in total. The van der Waals surface area contributed by atoms with Crippen molar-refractivity contribution in [2.45, 2.75) is 4.90 Å². The summed E-state index contributed by atoms with van der Waals surface area (Å²) in [5, 5.41) is 9.09. The number of carboxylic acid groups (broad SMARTS) is 1. The van der Waals surface area contributed by atoms with Gasteiger partial charge in [0, 0.05) is 12.3 Å². The Bertz CT molecular complexity index is 638. The summed E-state index contributed by atoms with van der Waals surface area (Å²) in [7, 11) is 0. The van der Waals surface area contributed by atoms with Crippen molar-refractivity contribution < 1.29 is 9.90 Å². The third-order valence-electron chi connectivity index (χ3n) is 2.34. The van der Waals surface area contributed by atoms with E-state index < -0.39 is 5.97 Å². The molecule has 0 saturated heterocycles. The van der Waals surface area contributed by atoms with Crippen molar-refractivity contribution in [2.75, 3.05) is 6.26 Å². The molecular weight excluding hydrogens is 252 g/mol. The Hall–Kier alpha value is -2.08. The van der Waals surface area contributed by atoms with Gasteiger partial charge in [-0.15, -0.1) is 11.8 Å². The second-order valence-electron chi connectivity index (χ2n) is 3.48. The van der Waals surface area contributed by atoms with Crippen LogP contribution in [0.1, 0.15) is 10.5 Å². The second-order valence-corrected chi connectivity index (χ2v) is 4.29. The van der Waals surface area contributed by atoms with Crippen LogP contribution in [0, 0.1) is 0 Å². The molecule has 0 spiro atoms. The number of hydrogen-bond acceptors (Lipinski definition) is 4. The van der Waals surface area contributed by atoms with E-state index in [1.807, 2.05) is 0 Å². The first-order chi connectivity index (χ1) is 8.63. The summed E-state index contributed by atoms with van der Waals surface area (Å²) in [6.45, 7) is 0. The minimum atomic E-state index is -1.16. The zero-order valence-corrected chi connectivity index (χ0v) is 10.3. The summed E-state index contributed by atoms with van der Waals surface area (Å²) in [4.78, 5) is 30.0. The van der Waals surface area contributed by atoms with Crippen LogP contribution in [-0.2, 0) is 0 Å². The van der Waals surface area contributed by atoms with Crippen LogP contribution in [0.15, 0.2) is 40.2 Å². The first-order valence-corrected chi connectivity index (χ1v) is 6.32. The molecule has 6 heteroatoms. The van der Waals surface area contributed by atoms with Crippen LogP contribution in [-0.4, -0.2) is 27.3 Å². The Morgan fingerprint density at radius 2 is 2.22 bits per heavy atom. The lowest BCUT2D eigenvalue weighted by Crippen LogP contribution is -2.14. The monoisotopic (exact) mass is 262 g/mol. The van der Waals surface area contributed by atoms with Crippen LogP contribution < -0.4 is 5.43 Å². The van der Waals surface area contributed by atoms with E-state index in [0.29, 0.717) is 11.4 Å². The molecule has 2 aromatic rings. The van der Waals surface area contributed by atoms with Gasteiger partial charge in [-0.05, 0) is 18.4 Å². The Kier molecular flexibility index (Phi) is 3.47. The number of hydrogen-bond donors (Lipinski definition) is 2. The highest BCUT2D eigenvalue weighted by atomic mass is 32.2. The third kappa shape index (κ3) is 2.28. The van der Waals surface area contributed by atoms with Gasteiger partial charge in [-0.3, -0.25) is 9.78 Å². The predicted octanol–water partition coefficient (Wildman–Crippen LogP) is 1.86. The number of aromatic nitrogens is 2.